The van der Waals surface area contributed by atoms with E-state index in [1.54, 1.807) is 0 Å². The van der Waals surface area contributed by atoms with E-state index in [9.17, 15) is 4.79 Å². The SMILES string of the molecule is NC1CCN(C(=O)COc2ccc(I)cc2)CC1. The van der Waals surface area contributed by atoms with E-state index in [0.717, 1.165) is 35.3 Å². The van der Waals surface area contributed by atoms with Crippen LogP contribution in [0.5, 0.6) is 5.75 Å². The molecule has 0 radical (unpaired) electrons. The summed E-state index contributed by atoms with van der Waals surface area (Å²) in [6.07, 6.45) is 1.77. The number of carbonyl (C=O) groups excluding carboxylic acids is 1. The fourth-order valence-corrected chi connectivity index (χ4v) is 2.28. The smallest absolute Gasteiger partial charge is 0.260 e. The lowest BCUT2D eigenvalue weighted by molar-refractivity contribution is -0.134. The Kier molecular flexibility index (Phi) is 4.82. The number of nitrogens with zero attached hydrogens (tertiary/aromatic N) is 1. The number of rotatable bonds is 3. The number of halogens is 1. The van der Waals surface area contributed by atoms with E-state index in [1.807, 2.05) is 29.2 Å². The Morgan fingerprint density at radius 3 is 2.56 bits per heavy atom. The minimum Gasteiger partial charge on any atom is -0.484 e. The maximum Gasteiger partial charge on any atom is 0.260 e. The Bertz CT molecular complexity index is 400. The standard InChI is InChI=1S/C13H17IN2O2/c14-10-1-3-12(4-2-10)18-9-13(17)16-7-5-11(15)6-8-16/h1-4,11H,5-9,15H2. The summed E-state index contributed by atoms with van der Waals surface area (Å²) in [5.74, 6) is 0.776. The van der Waals surface area contributed by atoms with Crippen LogP contribution in [-0.4, -0.2) is 36.5 Å². The average molecular weight is 360 g/mol. The molecule has 18 heavy (non-hydrogen) atoms. The van der Waals surface area contributed by atoms with E-state index >= 15 is 0 Å². The maximum absolute atomic E-state index is 11.9. The van der Waals surface area contributed by atoms with Crippen LogP contribution in [0.15, 0.2) is 24.3 Å². The van der Waals surface area contributed by atoms with Gasteiger partial charge in [-0.2, -0.15) is 0 Å². The van der Waals surface area contributed by atoms with E-state index in [0.29, 0.717) is 0 Å². The van der Waals surface area contributed by atoms with Gasteiger partial charge in [0, 0.05) is 22.7 Å². The van der Waals surface area contributed by atoms with Crippen molar-refractivity contribution in [3.05, 3.63) is 27.8 Å². The summed E-state index contributed by atoms with van der Waals surface area (Å²) < 4.78 is 6.63. The second-order valence-electron chi connectivity index (χ2n) is 4.46. The number of amides is 1. The van der Waals surface area contributed by atoms with Gasteiger partial charge in [-0.15, -0.1) is 0 Å². The van der Waals surface area contributed by atoms with Crippen LogP contribution in [-0.2, 0) is 4.79 Å². The third-order valence-corrected chi connectivity index (χ3v) is 3.79. The van der Waals surface area contributed by atoms with Crippen LogP contribution >= 0.6 is 22.6 Å². The topological polar surface area (TPSA) is 55.6 Å². The van der Waals surface area contributed by atoms with Crippen molar-refractivity contribution in [2.45, 2.75) is 18.9 Å². The molecule has 0 unspecified atom stereocenters. The predicted octanol–water partition coefficient (Wildman–Crippen LogP) is 1.62. The van der Waals surface area contributed by atoms with Gasteiger partial charge >= 0.3 is 0 Å². The highest BCUT2D eigenvalue weighted by molar-refractivity contribution is 14.1. The first kappa shape index (κ1) is 13.6. The van der Waals surface area contributed by atoms with E-state index in [1.165, 1.54) is 0 Å². The van der Waals surface area contributed by atoms with Crippen molar-refractivity contribution in [2.24, 2.45) is 5.73 Å². The number of nitrogens with two attached hydrogens (primary N) is 1. The van der Waals surface area contributed by atoms with Crippen molar-refractivity contribution in [2.75, 3.05) is 19.7 Å². The highest BCUT2D eigenvalue weighted by atomic mass is 127. The highest BCUT2D eigenvalue weighted by Crippen LogP contribution is 2.14. The number of ether oxygens (including phenoxy) is 1. The number of hydrogen-bond acceptors (Lipinski definition) is 3. The van der Waals surface area contributed by atoms with Gasteiger partial charge in [0.2, 0.25) is 0 Å². The summed E-state index contributed by atoms with van der Waals surface area (Å²) in [5.41, 5.74) is 5.81. The van der Waals surface area contributed by atoms with Gasteiger partial charge in [0.05, 0.1) is 0 Å². The number of piperidine rings is 1. The highest BCUT2D eigenvalue weighted by Gasteiger charge is 2.20. The maximum atomic E-state index is 11.9. The van der Waals surface area contributed by atoms with Gasteiger partial charge in [-0.3, -0.25) is 4.79 Å². The summed E-state index contributed by atoms with van der Waals surface area (Å²) in [7, 11) is 0. The van der Waals surface area contributed by atoms with Crippen LogP contribution in [0, 0.1) is 3.57 Å². The molecule has 0 saturated carbocycles. The molecule has 1 aliphatic heterocycles. The molecule has 1 saturated heterocycles. The lowest BCUT2D eigenvalue weighted by atomic mass is 10.1. The van der Waals surface area contributed by atoms with Crippen LogP contribution in [0.25, 0.3) is 0 Å². The van der Waals surface area contributed by atoms with E-state index in [2.05, 4.69) is 22.6 Å². The van der Waals surface area contributed by atoms with Crippen molar-refractivity contribution < 1.29 is 9.53 Å². The Balaban J connectivity index is 1.79. The van der Waals surface area contributed by atoms with Crippen molar-refractivity contribution in [3.63, 3.8) is 0 Å². The number of carbonyl (C=O) groups is 1. The summed E-state index contributed by atoms with van der Waals surface area (Å²) in [6, 6.07) is 7.91. The zero-order valence-corrected chi connectivity index (χ0v) is 12.3. The van der Waals surface area contributed by atoms with Gasteiger partial charge in [-0.05, 0) is 59.7 Å². The molecule has 0 aromatic heterocycles. The van der Waals surface area contributed by atoms with Crippen LogP contribution in [0.2, 0.25) is 0 Å². The molecule has 2 N–H and O–H groups in total. The summed E-state index contributed by atoms with van der Waals surface area (Å²) in [6.45, 7) is 1.60. The van der Waals surface area contributed by atoms with Crippen LogP contribution in [0.1, 0.15) is 12.8 Å². The average Bonchev–Trinajstić information content (AvgIpc) is 2.38. The fraction of sp³-hybridized carbons (Fsp3) is 0.462. The van der Waals surface area contributed by atoms with E-state index in [-0.39, 0.29) is 18.6 Å². The number of benzene rings is 1. The lowest BCUT2D eigenvalue weighted by Gasteiger charge is -2.30. The molecular formula is C13H17IN2O2. The third kappa shape index (κ3) is 3.84. The van der Waals surface area contributed by atoms with Crippen molar-refractivity contribution in [1.82, 2.24) is 4.90 Å². The van der Waals surface area contributed by atoms with Crippen molar-refractivity contribution in [1.29, 1.82) is 0 Å². The minimum absolute atomic E-state index is 0.0421. The van der Waals surface area contributed by atoms with E-state index in [4.69, 9.17) is 10.5 Å². The van der Waals surface area contributed by atoms with Crippen molar-refractivity contribution in [3.8, 4) is 5.75 Å². The first-order valence-corrected chi connectivity index (χ1v) is 7.15. The second kappa shape index (κ2) is 6.38. The third-order valence-electron chi connectivity index (χ3n) is 3.07. The molecule has 1 heterocycles. The molecule has 0 spiro atoms. The lowest BCUT2D eigenvalue weighted by Crippen LogP contribution is -2.44. The Morgan fingerprint density at radius 2 is 1.94 bits per heavy atom. The summed E-state index contributed by atoms with van der Waals surface area (Å²) in [5, 5.41) is 0. The van der Waals surface area contributed by atoms with Crippen LogP contribution in [0.3, 0.4) is 0 Å². The van der Waals surface area contributed by atoms with Gasteiger partial charge < -0.3 is 15.4 Å². The predicted molar refractivity (Wildman–Crippen MR) is 78.4 cm³/mol. The number of hydrogen-bond donors (Lipinski definition) is 1. The minimum atomic E-state index is 0.0421. The fourth-order valence-electron chi connectivity index (χ4n) is 1.92. The van der Waals surface area contributed by atoms with Gasteiger partial charge in [0.25, 0.3) is 5.91 Å². The molecule has 0 aliphatic carbocycles. The van der Waals surface area contributed by atoms with Crippen LogP contribution < -0.4 is 10.5 Å². The molecule has 0 bridgehead atoms. The van der Waals surface area contributed by atoms with Crippen LogP contribution in [0.4, 0.5) is 0 Å². The normalized spacial score (nSPS) is 16.7. The molecule has 1 aromatic carbocycles. The van der Waals surface area contributed by atoms with E-state index < -0.39 is 0 Å². The zero-order valence-electron chi connectivity index (χ0n) is 10.1. The molecule has 4 nitrogen and oxygen atoms in total. The molecule has 1 aromatic rings. The molecule has 1 amide bonds. The summed E-state index contributed by atoms with van der Waals surface area (Å²) in [4.78, 5) is 13.7. The Labute approximate surface area is 121 Å². The largest absolute Gasteiger partial charge is 0.484 e. The van der Waals surface area contributed by atoms with Gasteiger partial charge in [-0.1, -0.05) is 0 Å². The molecule has 1 aliphatic rings. The first-order valence-electron chi connectivity index (χ1n) is 6.07. The first-order chi connectivity index (χ1) is 8.65. The monoisotopic (exact) mass is 360 g/mol. The molecule has 1 fully saturated rings. The Hall–Kier alpha value is -0.820. The second-order valence-corrected chi connectivity index (χ2v) is 5.71. The molecular weight excluding hydrogens is 343 g/mol. The quantitative estimate of drug-likeness (QED) is 0.834. The van der Waals surface area contributed by atoms with Gasteiger partial charge in [0.15, 0.2) is 6.61 Å². The number of likely N-dealkylation sites (tertiary alicyclic amines) is 1. The van der Waals surface area contributed by atoms with Crippen molar-refractivity contribution >= 4 is 28.5 Å². The summed E-state index contributed by atoms with van der Waals surface area (Å²) >= 11 is 2.23. The molecule has 5 heteroatoms. The van der Waals surface area contributed by atoms with Gasteiger partial charge in [0.1, 0.15) is 5.75 Å². The molecule has 98 valence electrons. The van der Waals surface area contributed by atoms with Gasteiger partial charge in [-0.25, -0.2) is 0 Å². The molecule has 0 atom stereocenters. The zero-order chi connectivity index (χ0) is 13.0. The Morgan fingerprint density at radius 1 is 1.33 bits per heavy atom. The molecule has 2 rings (SSSR count).